The summed E-state index contributed by atoms with van der Waals surface area (Å²) in [4.78, 5) is 6.70. The Morgan fingerprint density at radius 3 is 2.71 bits per heavy atom. The SMILES string of the molecule is C=CCN(CC)c1ccc(C(C)NCC)cn1. The molecule has 1 heterocycles. The highest BCUT2D eigenvalue weighted by Crippen LogP contribution is 2.15. The molecule has 3 nitrogen and oxygen atoms in total. The van der Waals surface area contributed by atoms with Crippen LogP contribution in [-0.4, -0.2) is 24.6 Å². The maximum absolute atomic E-state index is 4.51. The maximum Gasteiger partial charge on any atom is 0.128 e. The van der Waals surface area contributed by atoms with Gasteiger partial charge in [-0.05, 0) is 32.0 Å². The molecule has 1 unspecified atom stereocenters. The van der Waals surface area contributed by atoms with Gasteiger partial charge in [-0.25, -0.2) is 4.98 Å². The Morgan fingerprint density at radius 1 is 1.47 bits per heavy atom. The molecule has 0 radical (unpaired) electrons. The Balaban J connectivity index is 2.75. The molecule has 1 aromatic heterocycles. The van der Waals surface area contributed by atoms with Gasteiger partial charge in [0.2, 0.25) is 0 Å². The van der Waals surface area contributed by atoms with Crippen LogP contribution in [0.5, 0.6) is 0 Å². The van der Waals surface area contributed by atoms with Gasteiger partial charge in [-0.15, -0.1) is 6.58 Å². The smallest absolute Gasteiger partial charge is 0.128 e. The summed E-state index contributed by atoms with van der Waals surface area (Å²) in [7, 11) is 0. The first kappa shape index (κ1) is 13.7. The van der Waals surface area contributed by atoms with Gasteiger partial charge in [-0.2, -0.15) is 0 Å². The summed E-state index contributed by atoms with van der Waals surface area (Å²) in [6.07, 6.45) is 3.86. The lowest BCUT2D eigenvalue weighted by Gasteiger charge is -2.21. The second kappa shape index (κ2) is 7.07. The van der Waals surface area contributed by atoms with Crippen LogP contribution in [0.25, 0.3) is 0 Å². The number of hydrogen-bond donors (Lipinski definition) is 1. The summed E-state index contributed by atoms with van der Waals surface area (Å²) in [5.41, 5.74) is 1.23. The van der Waals surface area contributed by atoms with Crippen LogP contribution < -0.4 is 10.2 Å². The highest BCUT2D eigenvalue weighted by atomic mass is 15.2. The van der Waals surface area contributed by atoms with E-state index in [2.05, 4.69) is 54.7 Å². The van der Waals surface area contributed by atoms with Crippen LogP contribution >= 0.6 is 0 Å². The van der Waals surface area contributed by atoms with E-state index in [1.165, 1.54) is 5.56 Å². The number of pyridine rings is 1. The number of nitrogens with zero attached hydrogens (tertiary/aromatic N) is 2. The van der Waals surface area contributed by atoms with Crippen LogP contribution in [0.3, 0.4) is 0 Å². The predicted octanol–water partition coefficient (Wildman–Crippen LogP) is 2.76. The molecule has 1 rings (SSSR count). The molecule has 0 saturated carbocycles. The van der Waals surface area contributed by atoms with Crippen molar-refractivity contribution in [1.82, 2.24) is 10.3 Å². The van der Waals surface area contributed by atoms with Crippen LogP contribution in [0.1, 0.15) is 32.4 Å². The van der Waals surface area contributed by atoms with Crippen LogP contribution in [0.15, 0.2) is 31.0 Å². The third kappa shape index (κ3) is 3.86. The zero-order valence-corrected chi connectivity index (χ0v) is 11.1. The molecule has 0 aromatic carbocycles. The minimum Gasteiger partial charge on any atom is -0.353 e. The second-order valence-corrected chi connectivity index (χ2v) is 4.06. The van der Waals surface area contributed by atoms with Crippen molar-refractivity contribution in [3.63, 3.8) is 0 Å². The Hall–Kier alpha value is -1.35. The van der Waals surface area contributed by atoms with Gasteiger partial charge in [0, 0.05) is 25.3 Å². The number of hydrogen-bond acceptors (Lipinski definition) is 3. The third-order valence-electron chi connectivity index (χ3n) is 2.84. The zero-order chi connectivity index (χ0) is 12.7. The monoisotopic (exact) mass is 233 g/mol. The molecule has 0 aliphatic heterocycles. The highest BCUT2D eigenvalue weighted by Gasteiger charge is 2.06. The van der Waals surface area contributed by atoms with E-state index in [1.807, 2.05) is 12.3 Å². The van der Waals surface area contributed by atoms with Crippen molar-refractivity contribution in [3.05, 3.63) is 36.5 Å². The van der Waals surface area contributed by atoms with E-state index < -0.39 is 0 Å². The zero-order valence-electron chi connectivity index (χ0n) is 11.1. The maximum atomic E-state index is 4.51. The van der Waals surface area contributed by atoms with Crippen molar-refractivity contribution in [2.75, 3.05) is 24.5 Å². The van der Waals surface area contributed by atoms with E-state index in [9.17, 15) is 0 Å². The van der Waals surface area contributed by atoms with E-state index in [0.717, 1.165) is 25.5 Å². The van der Waals surface area contributed by atoms with E-state index in [4.69, 9.17) is 0 Å². The number of rotatable bonds is 7. The fraction of sp³-hybridized carbons (Fsp3) is 0.500. The van der Waals surface area contributed by atoms with Gasteiger partial charge in [-0.1, -0.05) is 19.1 Å². The minimum atomic E-state index is 0.357. The lowest BCUT2D eigenvalue weighted by molar-refractivity contribution is 0.596. The molecule has 1 aromatic rings. The summed E-state index contributed by atoms with van der Waals surface area (Å²) in [6, 6.07) is 4.58. The summed E-state index contributed by atoms with van der Waals surface area (Å²) < 4.78 is 0. The molecule has 1 atom stereocenters. The average Bonchev–Trinajstić information content (AvgIpc) is 2.36. The first-order valence-electron chi connectivity index (χ1n) is 6.28. The molecule has 0 aliphatic carbocycles. The average molecular weight is 233 g/mol. The number of nitrogens with one attached hydrogen (secondary N) is 1. The summed E-state index contributed by atoms with van der Waals surface area (Å²) >= 11 is 0. The Kier molecular flexibility index (Phi) is 5.70. The van der Waals surface area contributed by atoms with Gasteiger partial charge in [0.25, 0.3) is 0 Å². The fourth-order valence-electron chi connectivity index (χ4n) is 1.81. The molecule has 0 saturated heterocycles. The molecule has 17 heavy (non-hydrogen) atoms. The van der Waals surface area contributed by atoms with Crippen LogP contribution in [-0.2, 0) is 0 Å². The first-order valence-corrected chi connectivity index (χ1v) is 6.28. The molecule has 3 heteroatoms. The summed E-state index contributed by atoms with van der Waals surface area (Å²) in [5, 5.41) is 3.38. The summed E-state index contributed by atoms with van der Waals surface area (Å²) in [5.74, 6) is 1.01. The molecule has 0 spiro atoms. The number of aromatic nitrogens is 1. The van der Waals surface area contributed by atoms with E-state index in [0.29, 0.717) is 6.04 Å². The molecule has 0 bridgehead atoms. The van der Waals surface area contributed by atoms with Crippen molar-refractivity contribution >= 4 is 5.82 Å². The number of likely N-dealkylation sites (N-methyl/N-ethyl adjacent to an activating group) is 1. The predicted molar refractivity (Wildman–Crippen MR) is 74.4 cm³/mol. The van der Waals surface area contributed by atoms with Gasteiger partial charge in [0.15, 0.2) is 0 Å². The van der Waals surface area contributed by atoms with E-state index >= 15 is 0 Å². The van der Waals surface area contributed by atoms with Crippen molar-refractivity contribution in [1.29, 1.82) is 0 Å². The third-order valence-corrected chi connectivity index (χ3v) is 2.84. The molecular weight excluding hydrogens is 210 g/mol. The van der Waals surface area contributed by atoms with Crippen LogP contribution in [0.2, 0.25) is 0 Å². The Labute approximate surface area is 105 Å². The molecular formula is C14H23N3. The van der Waals surface area contributed by atoms with Gasteiger partial charge in [0.1, 0.15) is 5.82 Å². The van der Waals surface area contributed by atoms with Crippen LogP contribution in [0.4, 0.5) is 5.82 Å². The molecule has 94 valence electrons. The Morgan fingerprint density at radius 2 is 2.24 bits per heavy atom. The lowest BCUT2D eigenvalue weighted by Crippen LogP contribution is -2.24. The van der Waals surface area contributed by atoms with Gasteiger partial charge >= 0.3 is 0 Å². The standard InChI is InChI=1S/C14H23N3/c1-5-10-17(7-3)14-9-8-13(11-16-14)12(4)15-6-2/h5,8-9,11-12,15H,1,6-7,10H2,2-4H3. The van der Waals surface area contributed by atoms with Crippen molar-refractivity contribution in [2.24, 2.45) is 0 Å². The van der Waals surface area contributed by atoms with Crippen molar-refractivity contribution < 1.29 is 0 Å². The highest BCUT2D eigenvalue weighted by molar-refractivity contribution is 5.40. The normalized spacial score (nSPS) is 12.2. The minimum absolute atomic E-state index is 0.357. The number of anilines is 1. The fourth-order valence-corrected chi connectivity index (χ4v) is 1.81. The van der Waals surface area contributed by atoms with Crippen molar-refractivity contribution in [2.45, 2.75) is 26.8 Å². The molecule has 0 amide bonds. The summed E-state index contributed by atoms with van der Waals surface area (Å²) in [6.45, 7) is 12.9. The van der Waals surface area contributed by atoms with E-state index in [1.54, 1.807) is 0 Å². The van der Waals surface area contributed by atoms with Crippen LogP contribution in [0, 0.1) is 0 Å². The quantitative estimate of drug-likeness (QED) is 0.734. The largest absolute Gasteiger partial charge is 0.353 e. The molecule has 0 fully saturated rings. The van der Waals surface area contributed by atoms with E-state index in [-0.39, 0.29) is 0 Å². The topological polar surface area (TPSA) is 28.2 Å². The Bertz CT molecular complexity index is 332. The molecule has 0 aliphatic rings. The second-order valence-electron chi connectivity index (χ2n) is 4.06. The van der Waals surface area contributed by atoms with Gasteiger partial charge in [-0.3, -0.25) is 0 Å². The van der Waals surface area contributed by atoms with Gasteiger partial charge < -0.3 is 10.2 Å². The lowest BCUT2D eigenvalue weighted by atomic mass is 10.1. The molecule has 1 N–H and O–H groups in total. The van der Waals surface area contributed by atoms with Crippen molar-refractivity contribution in [3.8, 4) is 0 Å². The first-order chi connectivity index (χ1) is 8.22. The van der Waals surface area contributed by atoms with Gasteiger partial charge in [0.05, 0.1) is 0 Å².